The SMILES string of the molecule is COC(=O)C1CCCC1S(=O)(=O)N1CCS(=O)(=O)CC1C. The van der Waals surface area contributed by atoms with E-state index >= 15 is 0 Å². The molecule has 1 heterocycles. The van der Waals surface area contributed by atoms with Gasteiger partial charge in [0, 0.05) is 12.6 Å². The van der Waals surface area contributed by atoms with Gasteiger partial charge in [-0.25, -0.2) is 16.8 Å². The van der Waals surface area contributed by atoms with Gasteiger partial charge in [-0.3, -0.25) is 4.79 Å². The summed E-state index contributed by atoms with van der Waals surface area (Å²) in [6.45, 7) is 1.56. The summed E-state index contributed by atoms with van der Waals surface area (Å²) < 4.78 is 54.6. The van der Waals surface area contributed by atoms with Gasteiger partial charge in [0.1, 0.15) is 0 Å². The molecule has 3 atom stereocenters. The molecule has 0 N–H and O–H groups in total. The molecule has 2 rings (SSSR count). The number of carbonyl (C=O) groups is 1. The molecule has 1 saturated carbocycles. The van der Waals surface area contributed by atoms with Gasteiger partial charge in [0.05, 0.1) is 29.8 Å². The van der Waals surface area contributed by atoms with Crippen molar-refractivity contribution in [2.24, 2.45) is 5.92 Å². The van der Waals surface area contributed by atoms with Crippen molar-refractivity contribution in [3.05, 3.63) is 0 Å². The lowest BCUT2D eigenvalue weighted by Gasteiger charge is -2.35. The highest BCUT2D eigenvalue weighted by Crippen LogP contribution is 2.35. The Kier molecular flexibility index (Phi) is 4.65. The Morgan fingerprint density at radius 2 is 1.95 bits per heavy atom. The van der Waals surface area contributed by atoms with Gasteiger partial charge in [0.2, 0.25) is 10.0 Å². The zero-order valence-corrected chi connectivity index (χ0v) is 13.8. The molecule has 122 valence electrons. The fourth-order valence-corrected chi connectivity index (χ4v) is 7.40. The number of sulfone groups is 1. The molecule has 0 spiro atoms. The maximum absolute atomic E-state index is 12.8. The first-order valence-corrected chi connectivity index (χ1v) is 10.3. The van der Waals surface area contributed by atoms with Gasteiger partial charge in [-0.1, -0.05) is 6.42 Å². The van der Waals surface area contributed by atoms with E-state index in [0.717, 1.165) is 0 Å². The van der Waals surface area contributed by atoms with Crippen LogP contribution in [0.5, 0.6) is 0 Å². The number of carbonyl (C=O) groups excluding carboxylic acids is 1. The summed E-state index contributed by atoms with van der Waals surface area (Å²) >= 11 is 0. The maximum Gasteiger partial charge on any atom is 0.310 e. The molecule has 3 unspecified atom stereocenters. The van der Waals surface area contributed by atoms with Crippen LogP contribution in [0.4, 0.5) is 0 Å². The first-order chi connectivity index (χ1) is 9.69. The molecule has 1 saturated heterocycles. The first-order valence-electron chi connectivity index (χ1n) is 6.98. The minimum atomic E-state index is -3.70. The highest BCUT2D eigenvalue weighted by atomic mass is 32.2. The number of hydrogen-bond donors (Lipinski definition) is 0. The van der Waals surface area contributed by atoms with E-state index in [9.17, 15) is 21.6 Å². The highest BCUT2D eigenvalue weighted by Gasteiger charge is 2.47. The van der Waals surface area contributed by atoms with Crippen LogP contribution in [0.15, 0.2) is 0 Å². The van der Waals surface area contributed by atoms with Crippen molar-refractivity contribution in [3.8, 4) is 0 Å². The Balaban J connectivity index is 2.24. The van der Waals surface area contributed by atoms with Crippen LogP contribution in [0.1, 0.15) is 26.2 Å². The Bertz CT molecular complexity index is 612. The van der Waals surface area contributed by atoms with E-state index in [-0.39, 0.29) is 18.1 Å². The molecule has 21 heavy (non-hydrogen) atoms. The topological polar surface area (TPSA) is 97.8 Å². The number of ether oxygens (including phenoxy) is 1. The smallest absolute Gasteiger partial charge is 0.310 e. The van der Waals surface area contributed by atoms with Crippen LogP contribution < -0.4 is 0 Å². The highest BCUT2D eigenvalue weighted by molar-refractivity contribution is 7.92. The van der Waals surface area contributed by atoms with Gasteiger partial charge in [-0.2, -0.15) is 4.31 Å². The number of methoxy groups -OCH3 is 1. The molecule has 7 nitrogen and oxygen atoms in total. The van der Waals surface area contributed by atoms with Gasteiger partial charge in [-0.05, 0) is 19.8 Å². The normalized spacial score (nSPS) is 33.7. The second-order valence-electron chi connectivity index (χ2n) is 5.72. The first kappa shape index (κ1) is 16.7. The molecule has 1 aliphatic carbocycles. The monoisotopic (exact) mass is 339 g/mol. The van der Waals surface area contributed by atoms with Crippen molar-refractivity contribution in [3.63, 3.8) is 0 Å². The summed E-state index contributed by atoms with van der Waals surface area (Å²) in [6, 6.07) is -0.590. The number of rotatable bonds is 3. The summed E-state index contributed by atoms with van der Waals surface area (Å²) in [5.74, 6) is -1.47. The molecular weight excluding hydrogens is 318 g/mol. The van der Waals surface area contributed by atoms with Crippen LogP contribution in [-0.4, -0.2) is 63.6 Å². The van der Waals surface area contributed by atoms with E-state index in [1.165, 1.54) is 11.4 Å². The lowest BCUT2D eigenvalue weighted by Crippen LogP contribution is -2.53. The lowest BCUT2D eigenvalue weighted by molar-refractivity contribution is -0.145. The fraction of sp³-hybridized carbons (Fsp3) is 0.917. The van der Waals surface area contributed by atoms with Gasteiger partial charge in [-0.15, -0.1) is 0 Å². The number of sulfonamides is 1. The Morgan fingerprint density at radius 3 is 2.52 bits per heavy atom. The molecule has 0 aromatic carbocycles. The fourth-order valence-electron chi connectivity index (χ4n) is 3.24. The zero-order valence-electron chi connectivity index (χ0n) is 12.2. The maximum atomic E-state index is 12.8. The largest absolute Gasteiger partial charge is 0.469 e. The van der Waals surface area contributed by atoms with Crippen molar-refractivity contribution < 1.29 is 26.4 Å². The molecular formula is C12H21NO6S2. The van der Waals surface area contributed by atoms with E-state index in [4.69, 9.17) is 0 Å². The van der Waals surface area contributed by atoms with Crippen molar-refractivity contribution >= 4 is 25.8 Å². The molecule has 2 fully saturated rings. The standard InChI is InChI=1S/C12H21NO6S2/c1-9-8-20(15,16)7-6-13(9)21(17,18)11-5-3-4-10(11)12(14)19-2/h9-11H,3-8H2,1-2H3. The van der Waals surface area contributed by atoms with E-state index in [0.29, 0.717) is 19.3 Å². The van der Waals surface area contributed by atoms with Crippen molar-refractivity contribution in [2.75, 3.05) is 25.2 Å². The Morgan fingerprint density at radius 1 is 1.29 bits per heavy atom. The summed E-state index contributed by atoms with van der Waals surface area (Å²) in [5, 5.41) is -0.798. The Labute approximate surface area is 125 Å². The van der Waals surface area contributed by atoms with Gasteiger partial charge >= 0.3 is 5.97 Å². The Hall–Kier alpha value is -0.670. The molecule has 0 radical (unpaired) electrons. The predicted molar refractivity (Wildman–Crippen MR) is 76.9 cm³/mol. The number of esters is 1. The van der Waals surface area contributed by atoms with Crippen LogP contribution in [0.2, 0.25) is 0 Å². The number of nitrogens with zero attached hydrogens (tertiary/aromatic N) is 1. The molecule has 0 bridgehead atoms. The third-order valence-electron chi connectivity index (χ3n) is 4.28. The molecule has 0 aromatic heterocycles. The van der Waals surface area contributed by atoms with E-state index < -0.39 is 43.0 Å². The second kappa shape index (κ2) is 5.85. The minimum absolute atomic E-state index is 0.0315. The van der Waals surface area contributed by atoms with Gasteiger partial charge in [0.15, 0.2) is 9.84 Å². The molecule has 9 heteroatoms. The number of hydrogen-bond acceptors (Lipinski definition) is 6. The summed E-state index contributed by atoms with van der Waals surface area (Å²) in [7, 11) is -5.63. The van der Waals surface area contributed by atoms with Crippen molar-refractivity contribution in [2.45, 2.75) is 37.5 Å². The van der Waals surface area contributed by atoms with Crippen molar-refractivity contribution in [1.82, 2.24) is 4.31 Å². The van der Waals surface area contributed by atoms with E-state index in [2.05, 4.69) is 4.74 Å². The quantitative estimate of drug-likeness (QED) is 0.659. The summed E-state index contributed by atoms with van der Waals surface area (Å²) in [5.41, 5.74) is 0. The van der Waals surface area contributed by atoms with Crippen LogP contribution >= 0.6 is 0 Å². The lowest BCUT2D eigenvalue weighted by atomic mass is 10.1. The molecule has 0 aromatic rings. The third kappa shape index (κ3) is 3.24. The predicted octanol–water partition coefficient (Wildman–Crippen LogP) is -0.223. The van der Waals surface area contributed by atoms with E-state index in [1.807, 2.05) is 0 Å². The van der Waals surface area contributed by atoms with Crippen LogP contribution in [-0.2, 0) is 29.4 Å². The van der Waals surface area contributed by atoms with Crippen LogP contribution in [0.3, 0.4) is 0 Å². The molecule has 0 amide bonds. The van der Waals surface area contributed by atoms with Gasteiger partial charge in [0.25, 0.3) is 0 Å². The third-order valence-corrected chi connectivity index (χ3v) is 8.60. The summed E-state index contributed by atoms with van der Waals surface area (Å²) in [4.78, 5) is 11.7. The van der Waals surface area contributed by atoms with Crippen LogP contribution in [0, 0.1) is 5.92 Å². The summed E-state index contributed by atoms with van der Waals surface area (Å²) in [6.07, 6.45) is 1.57. The average Bonchev–Trinajstić information content (AvgIpc) is 2.86. The molecule has 2 aliphatic rings. The van der Waals surface area contributed by atoms with Crippen LogP contribution in [0.25, 0.3) is 0 Å². The second-order valence-corrected chi connectivity index (χ2v) is 10.1. The zero-order chi connectivity index (χ0) is 15.8. The minimum Gasteiger partial charge on any atom is -0.469 e. The average molecular weight is 339 g/mol. The van der Waals surface area contributed by atoms with E-state index in [1.54, 1.807) is 6.92 Å². The van der Waals surface area contributed by atoms with Gasteiger partial charge < -0.3 is 4.74 Å². The molecule has 1 aliphatic heterocycles. The van der Waals surface area contributed by atoms with Crippen molar-refractivity contribution in [1.29, 1.82) is 0 Å².